The van der Waals surface area contributed by atoms with Crippen LogP contribution in [-0.4, -0.2) is 413 Å². The van der Waals surface area contributed by atoms with Gasteiger partial charge in [-0.1, -0.05) is 0 Å². The van der Waals surface area contributed by atoms with Gasteiger partial charge in [0, 0.05) is 67.8 Å². The summed E-state index contributed by atoms with van der Waals surface area (Å²) in [4.78, 5) is 0. The van der Waals surface area contributed by atoms with Crippen LogP contribution < -0.4 is 22.1 Å². The smallest absolute Gasteiger partial charge is 0.425 e. The van der Waals surface area contributed by atoms with Crippen LogP contribution in [0.5, 0.6) is 0 Å². The average molecular weight is 1890 g/mol. The van der Waals surface area contributed by atoms with E-state index in [0.717, 1.165) is 38.5 Å². The lowest BCUT2D eigenvalue weighted by atomic mass is 10.5. The molecule has 1 atom stereocenters. The van der Waals surface area contributed by atoms with Gasteiger partial charge in [0.2, 0.25) is 0 Å². The first-order valence-corrected chi connectivity index (χ1v) is 68.2. The molecule has 0 saturated carbocycles. The summed E-state index contributed by atoms with van der Waals surface area (Å²) in [6, 6.07) is 1.47. The first-order chi connectivity index (χ1) is 44.6. The Morgan fingerprint density at radius 1 is 0.256 bits per heavy atom. The highest BCUT2D eigenvalue weighted by Crippen LogP contribution is 2.17. The Kier molecular flexibility index (Phi) is 98.7. The molecular weight excluding hydrogens is 1780 g/mol. The van der Waals surface area contributed by atoms with Crippen molar-refractivity contribution in [2.75, 3.05) is 74.8 Å². The fourth-order valence-corrected chi connectivity index (χ4v) is 67.3. The van der Waals surface area contributed by atoms with Gasteiger partial charge in [-0.2, -0.15) is 0 Å². The van der Waals surface area contributed by atoms with Gasteiger partial charge in [-0.3, -0.25) is 0 Å². The Balaban J connectivity index is 0. The normalized spacial score (nSPS) is 17.0. The summed E-state index contributed by atoms with van der Waals surface area (Å²) < 4.78 is 205. The van der Waals surface area contributed by atoms with Crippen molar-refractivity contribution in [3.8, 4) is 0 Å². The molecule has 0 fully saturated rings. The van der Waals surface area contributed by atoms with Crippen molar-refractivity contribution in [3.63, 3.8) is 0 Å². The van der Waals surface area contributed by atoms with Crippen LogP contribution in [0.3, 0.4) is 0 Å². The predicted molar refractivity (Wildman–Crippen MR) is 419 cm³/mol. The van der Waals surface area contributed by atoms with Crippen LogP contribution in [0.4, 0.5) is 0 Å². The van der Waals surface area contributed by atoms with Crippen LogP contribution >= 0.6 is 0 Å². The third-order valence-corrected chi connectivity index (χ3v) is 58.5. The minimum Gasteiger partial charge on any atom is -0.425 e. The lowest BCUT2D eigenvalue weighted by Gasteiger charge is -2.30. The zero-order chi connectivity index (χ0) is 65.4. The first-order valence-electron chi connectivity index (χ1n) is 27.6. The van der Waals surface area contributed by atoms with Crippen molar-refractivity contribution in [2.24, 2.45) is 11.5 Å². The monoisotopic (exact) mass is 1890 g/mol. The van der Waals surface area contributed by atoms with E-state index < -0.39 is 338 Å². The molecule has 0 aliphatic heterocycles. The fourth-order valence-electron chi connectivity index (χ4n) is 5.11. The molecule has 41 nitrogen and oxygen atoms in total. The van der Waals surface area contributed by atoms with Crippen molar-refractivity contribution >= 4 is 338 Å². The molecule has 0 saturated heterocycles. The summed E-state index contributed by atoms with van der Waals surface area (Å²) in [5.74, 6) is 0. The summed E-state index contributed by atoms with van der Waals surface area (Å²) >= 11 is 0. The van der Waals surface area contributed by atoms with Crippen LogP contribution in [-0.2, 0) is 154 Å². The Morgan fingerprint density at radius 2 is 0.456 bits per heavy atom. The first kappa shape index (κ1) is 97.8. The van der Waals surface area contributed by atoms with Gasteiger partial charge in [0.05, 0.1) is 0 Å². The van der Waals surface area contributed by atoms with Gasteiger partial charge in [0.15, 0.2) is 0 Å². The molecule has 6 N–H and O–H groups in total. The molecule has 75 heteroatoms. The van der Waals surface area contributed by atoms with Crippen LogP contribution in [0, 0.1) is 0 Å². The van der Waals surface area contributed by atoms with Gasteiger partial charge in [-0.15, -0.1) is 0 Å². The maximum Gasteiger partial charge on any atom is 0.473 e. The van der Waals surface area contributed by atoms with Crippen molar-refractivity contribution in [1.29, 1.82) is 0 Å². The Hall–Kier alpha value is 5.73. The minimum atomic E-state index is -3.17. The van der Waals surface area contributed by atoms with Crippen molar-refractivity contribution in [3.05, 3.63) is 0 Å². The number of nitrogens with one attached hydrogen (secondary N) is 2. The maximum absolute atomic E-state index is 6.36. The summed E-state index contributed by atoms with van der Waals surface area (Å²) in [7, 11) is -31.4. The SMILES string of the molecule is CO[SiH2]O[SiH2]O[SiH2]O[SiH2]O[SiH2]O[SiH2]O[SiH2]O[SiH](CCCNCCN)O[SiH2]O[SiH2]O[SiH2]O[SiH2]O[SiH2]O[SiH2]OC.CO[SiH2]O[SiH2]O[SiH2]O[SiH2]O[SiH2]O[SiH2]O[SiH2]O[Si](CCCNCCN)(O[SiH2]O[SiH2]O[SiH2]O[SiH2]O[SiH2]O[SiH2]OC)O[SiH2]O[SiH2]O[SiH2]O[SiH2]O[SiH2]O[SiH2]OC. The van der Waals surface area contributed by atoms with Crippen molar-refractivity contribution in [1.82, 2.24) is 10.6 Å². The van der Waals surface area contributed by atoms with E-state index in [9.17, 15) is 0 Å². The van der Waals surface area contributed by atoms with Crippen LogP contribution in [0.25, 0.3) is 0 Å². The largest absolute Gasteiger partial charge is 0.473 e. The third-order valence-electron chi connectivity index (χ3n) is 8.71. The summed E-state index contributed by atoms with van der Waals surface area (Å²) in [6.45, 7) is 4.33. The third kappa shape index (κ3) is 84.4. The fraction of sp³-hybridized carbons (Fsp3) is 1.00. The predicted octanol–water partition coefficient (Wildman–Crippen LogP) is -32.3. The molecule has 0 aromatic rings. The van der Waals surface area contributed by atoms with E-state index in [1.807, 2.05) is 0 Å². The van der Waals surface area contributed by atoms with E-state index in [1.165, 1.54) is 0 Å². The second-order valence-corrected chi connectivity index (χ2v) is 79.9. The molecule has 0 heterocycles. The Labute approximate surface area is 608 Å². The Morgan fingerprint density at radius 3 is 0.678 bits per heavy atom. The van der Waals surface area contributed by atoms with Gasteiger partial charge in [-0.05, 0) is 32.0 Å². The van der Waals surface area contributed by atoms with Gasteiger partial charge < -0.3 is 176 Å². The molecule has 0 radical (unpaired) electrons. The standard InChI is InChI=1S/C8H60N2O22Si20.C7H46N2O15Si14/c1-11-33-14-36-17-39-20-42-23-45-26-48-29-51-32-52(8-4-6-10-7-5-9,30-49-27-46-24-43-21-40-18-37-15-34-12-2)31-50-28-47-25-44-22-41-19-38-16-35-13-3;1-10-25-12-27-14-29-16-31-18-33-20-35-22-37-24-38(7-3-5-9-6-4-8)23-36-21-34-19-32-17-30-15-28-13-26-11-2/h10H,4-9,33-51H2,1-3H3;9,38H,3-8,25-37H2,1-2H3. The molecular formula is C15H106N4O37Si34. The Bertz CT molecular complexity index is 1290. The lowest BCUT2D eigenvalue weighted by Crippen LogP contribution is -2.50. The van der Waals surface area contributed by atoms with E-state index >= 15 is 0 Å². The molecule has 0 rings (SSSR count). The average Bonchev–Trinajstić information content (AvgIpc) is 2.54. The molecule has 0 spiro atoms. The molecule has 0 amide bonds. The number of hydrogen-bond acceptors (Lipinski definition) is 41. The highest BCUT2D eigenvalue weighted by molar-refractivity contribution is 6.73. The number of rotatable bonds is 81. The number of nitrogens with two attached hydrogens (primary N) is 2. The summed E-state index contributed by atoms with van der Waals surface area (Å²) in [5, 5.41) is 6.60. The zero-order valence-electron chi connectivity index (χ0n) is 53.0. The van der Waals surface area contributed by atoms with E-state index in [0.29, 0.717) is 25.7 Å². The van der Waals surface area contributed by atoms with Gasteiger partial charge in [0.25, 0.3) is 320 Å². The van der Waals surface area contributed by atoms with Gasteiger partial charge in [0.1, 0.15) is 0 Å². The highest BCUT2D eigenvalue weighted by atomic mass is 28.5. The second kappa shape index (κ2) is 90.8. The van der Waals surface area contributed by atoms with Crippen molar-refractivity contribution < 1.29 is 154 Å². The molecule has 0 aliphatic rings. The number of hydrogen-bond donors (Lipinski definition) is 4. The van der Waals surface area contributed by atoms with E-state index in [2.05, 4.69) is 10.6 Å². The van der Waals surface area contributed by atoms with E-state index in [4.69, 9.17) is 165 Å². The van der Waals surface area contributed by atoms with Crippen LogP contribution in [0.1, 0.15) is 12.8 Å². The molecule has 90 heavy (non-hydrogen) atoms. The summed E-state index contributed by atoms with van der Waals surface area (Å²) in [5.41, 5.74) is 11.2. The minimum absolute atomic E-state index is 0.553. The van der Waals surface area contributed by atoms with Gasteiger partial charge >= 0.3 is 18.1 Å². The molecule has 0 aromatic carbocycles. The second-order valence-electron chi connectivity index (χ2n) is 15.9. The van der Waals surface area contributed by atoms with Crippen LogP contribution in [0.15, 0.2) is 0 Å². The van der Waals surface area contributed by atoms with Crippen molar-refractivity contribution in [2.45, 2.75) is 24.9 Å². The maximum atomic E-state index is 6.36. The molecule has 0 aliphatic carbocycles. The topological polar surface area (TPSA) is 418 Å². The highest BCUT2D eigenvalue weighted by Gasteiger charge is 2.40. The molecule has 0 bridgehead atoms. The van der Waals surface area contributed by atoms with Crippen LogP contribution in [0.2, 0.25) is 12.1 Å². The van der Waals surface area contributed by atoms with E-state index in [1.54, 1.807) is 35.5 Å². The lowest BCUT2D eigenvalue weighted by molar-refractivity contribution is 0.229. The quantitative estimate of drug-likeness (QED) is 0.0324. The molecule has 0 aromatic heterocycles. The molecule has 544 valence electrons. The zero-order valence-corrected chi connectivity index (χ0v) is 100. The molecule has 1 unspecified atom stereocenters. The van der Waals surface area contributed by atoms with E-state index in [-0.39, 0.29) is 0 Å². The summed E-state index contributed by atoms with van der Waals surface area (Å²) in [6.07, 6.45) is 1.73. The van der Waals surface area contributed by atoms with Gasteiger partial charge in [-0.25, -0.2) is 0 Å².